The van der Waals surface area contributed by atoms with Crippen molar-refractivity contribution in [1.29, 1.82) is 0 Å². The SMILES string of the molecule is CCC(CCl)CCCl. The van der Waals surface area contributed by atoms with Gasteiger partial charge in [0.25, 0.3) is 0 Å². The molecular weight excluding hydrogens is 143 g/mol. The van der Waals surface area contributed by atoms with E-state index in [1.54, 1.807) is 0 Å². The Kier molecular flexibility index (Phi) is 6.13. The molecule has 1 unspecified atom stereocenters. The largest absolute Gasteiger partial charge is 0.127 e. The summed E-state index contributed by atoms with van der Waals surface area (Å²) >= 11 is 11.1. The van der Waals surface area contributed by atoms with Gasteiger partial charge in [0, 0.05) is 11.8 Å². The fourth-order valence-electron chi connectivity index (χ4n) is 0.545. The maximum Gasteiger partial charge on any atom is 0.0252 e. The molecule has 0 aliphatic heterocycles. The van der Waals surface area contributed by atoms with E-state index in [-0.39, 0.29) is 0 Å². The van der Waals surface area contributed by atoms with E-state index in [9.17, 15) is 0 Å². The third-order valence-electron chi connectivity index (χ3n) is 1.31. The van der Waals surface area contributed by atoms with Crippen molar-refractivity contribution >= 4 is 23.2 Å². The Hall–Kier alpha value is 0.580. The lowest BCUT2D eigenvalue weighted by Crippen LogP contribution is -2.00. The van der Waals surface area contributed by atoms with E-state index in [1.807, 2.05) is 0 Å². The van der Waals surface area contributed by atoms with Crippen LogP contribution in [0.3, 0.4) is 0 Å². The zero-order valence-corrected chi connectivity index (χ0v) is 6.67. The molecule has 0 aromatic rings. The summed E-state index contributed by atoms with van der Waals surface area (Å²) in [5.41, 5.74) is 0. The van der Waals surface area contributed by atoms with E-state index in [1.165, 1.54) is 0 Å². The molecule has 8 heavy (non-hydrogen) atoms. The van der Waals surface area contributed by atoms with E-state index in [4.69, 9.17) is 23.2 Å². The zero-order chi connectivity index (χ0) is 6.41. The van der Waals surface area contributed by atoms with Crippen molar-refractivity contribution in [1.82, 2.24) is 0 Å². The molecule has 0 aliphatic carbocycles. The molecule has 0 nitrogen and oxygen atoms in total. The van der Waals surface area contributed by atoms with Crippen LogP contribution in [0, 0.1) is 5.92 Å². The van der Waals surface area contributed by atoms with Crippen molar-refractivity contribution in [3.8, 4) is 0 Å². The fourth-order valence-corrected chi connectivity index (χ4v) is 1.23. The van der Waals surface area contributed by atoms with Gasteiger partial charge in [0.05, 0.1) is 0 Å². The van der Waals surface area contributed by atoms with Gasteiger partial charge in [-0.05, 0) is 12.3 Å². The second-order valence-corrected chi connectivity index (χ2v) is 2.59. The molecule has 1 atom stereocenters. The molecule has 0 heterocycles. The first-order valence-corrected chi connectivity index (χ1v) is 4.04. The number of rotatable bonds is 4. The molecule has 0 radical (unpaired) electrons. The van der Waals surface area contributed by atoms with Gasteiger partial charge in [-0.1, -0.05) is 13.3 Å². The lowest BCUT2D eigenvalue weighted by molar-refractivity contribution is 0.553. The van der Waals surface area contributed by atoms with Crippen LogP contribution >= 0.6 is 23.2 Å². The molecular formula is C6H12Cl2. The number of alkyl halides is 2. The van der Waals surface area contributed by atoms with Crippen molar-refractivity contribution in [3.63, 3.8) is 0 Å². The van der Waals surface area contributed by atoms with Crippen LogP contribution in [0.1, 0.15) is 19.8 Å². The van der Waals surface area contributed by atoms with Crippen LogP contribution in [0.15, 0.2) is 0 Å². The summed E-state index contributed by atoms with van der Waals surface area (Å²) in [5, 5.41) is 0. The highest BCUT2D eigenvalue weighted by molar-refractivity contribution is 6.18. The van der Waals surface area contributed by atoms with Crippen molar-refractivity contribution in [2.45, 2.75) is 19.8 Å². The van der Waals surface area contributed by atoms with Gasteiger partial charge in [-0.25, -0.2) is 0 Å². The fraction of sp³-hybridized carbons (Fsp3) is 1.00. The molecule has 0 N–H and O–H groups in total. The Bertz CT molecular complexity index is 41.8. The monoisotopic (exact) mass is 154 g/mol. The predicted molar refractivity (Wildman–Crippen MR) is 39.8 cm³/mol. The van der Waals surface area contributed by atoms with Gasteiger partial charge in [0.1, 0.15) is 0 Å². The van der Waals surface area contributed by atoms with Gasteiger partial charge < -0.3 is 0 Å². The van der Waals surface area contributed by atoms with Gasteiger partial charge in [-0.2, -0.15) is 0 Å². The van der Waals surface area contributed by atoms with E-state index in [0.29, 0.717) is 5.92 Å². The topological polar surface area (TPSA) is 0 Å². The van der Waals surface area contributed by atoms with E-state index < -0.39 is 0 Å². The zero-order valence-electron chi connectivity index (χ0n) is 5.16. The first-order valence-electron chi connectivity index (χ1n) is 2.97. The van der Waals surface area contributed by atoms with Crippen LogP contribution in [-0.2, 0) is 0 Å². The molecule has 0 aromatic carbocycles. The van der Waals surface area contributed by atoms with Crippen LogP contribution < -0.4 is 0 Å². The van der Waals surface area contributed by atoms with E-state index in [0.717, 1.165) is 24.6 Å². The van der Waals surface area contributed by atoms with Crippen molar-refractivity contribution < 1.29 is 0 Å². The normalized spacial score (nSPS) is 13.9. The Morgan fingerprint density at radius 3 is 2.12 bits per heavy atom. The molecule has 0 rings (SSSR count). The summed E-state index contributed by atoms with van der Waals surface area (Å²) in [6, 6.07) is 0. The van der Waals surface area contributed by atoms with Crippen LogP contribution in [0.25, 0.3) is 0 Å². The first-order chi connectivity index (χ1) is 3.85. The van der Waals surface area contributed by atoms with Gasteiger partial charge in [0.2, 0.25) is 0 Å². The summed E-state index contributed by atoms with van der Waals surface area (Å²) in [7, 11) is 0. The molecule has 2 heteroatoms. The van der Waals surface area contributed by atoms with Gasteiger partial charge in [-0.3, -0.25) is 0 Å². The van der Waals surface area contributed by atoms with Crippen molar-refractivity contribution in [2.24, 2.45) is 5.92 Å². The Labute approximate surface area is 61.2 Å². The van der Waals surface area contributed by atoms with Crippen LogP contribution in [0.4, 0.5) is 0 Å². The van der Waals surface area contributed by atoms with E-state index >= 15 is 0 Å². The van der Waals surface area contributed by atoms with Crippen molar-refractivity contribution in [2.75, 3.05) is 11.8 Å². The minimum absolute atomic E-state index is 0.633. The second kappa shape index (κ2) is 5.71. The van der Waals surface area contributed by atoms with Gasteiger partial charge >= 0.3 is 0 Å². The third-order valence-corrected chi connectivity index (χ3v) is 1.97. The summed E-state index contributed by atoms with van der Waals surface area (Å²) in [4.78, 5) is 0. The predicted octanol–water partition coefficient (Wildman–Crippen LogP) is 2.88. The number of hydrogen-bond donors (Lipinski definition) is 0. The molecule has 0 fully saturated rings. The molecule has 0 spiro atoms. The lowest BCUT2D eigenvalue weighted by Gasteiger charge is -2.06. The summed E-state index contributed by atoms with van der Waals surface area (Å²) in [6.07, 6.45) is 2.21. The third kappa shape index (κ3) is 3.57. The molecule has 0 bridgehead atoms. The molecule has 0 aromatic heterocycles. The van der Waals surface area contributed by atoms with Crippen molar-refractivity contribution in [3.05, 3.63) is 0 Å². The van der Waals surface area contributed by atoms with Crippen LogP contribution in [0.5, 0.6) is 0 Å². The quantitative estimate of drug-likeness (QED) is 0.547. The Morgan fingerprint density at radius 1 is 1.38 bits per heavy atom. The summed E-state index contributed by atoms with van der Waals surface area (Å²) < 4.78 is 0. The lowest BCUT2D eigenvalue weighted by atomic mass is 10.1. The van der Waals surface area contributed by atoms with E-state index in [2.05, 4.69) is 6.92 Å². The molecule has 0 aliphatic rings. The van der Waals surface area contributed by atoms with Crippen LogP contribution in [0.2, 0.25) is 0 Å². The highest BCUT2D eigenvalue weighted by atomic mass is 35.5. The maximum atomic E-state index is 5.59. The Morgan fingerprint density at radius 2 is 2.00 bits per heavy atom. The van der Waals surface area contributed by atoms with Crippen LogP contribution in [-0.4, -0.2) is 11.8 Å². The van der Waals surface area contributed by atoms with Gasteiger partial charge in [0.15, 0.2) is 0 Å². The maximum absolute atomic E-state index is 5.59. The minimum Gasteiger partial charge on any atom is -0.127 e. The minimum atomic E-state index is 0.633. The molecule has 0 saturated carbocycles. The smallest absolute Gasteiger partial charge is 0.0252 e. The second-order valence-electron chi connectivity index (χ2n) is 1.91. The van der Waals surface area contributed by atoms with Gasteiger partial charge in [-0.15, -0.1) is 23.2 Å². The average molecular weight is 155 g/mol. The number of halogens is 2. The Balaban J connectivity index is 3.07. The summed E-state index contributed by atoms with van der Waals surface area (Å²) in [5.74, 6) is 2.13. The average Bonchev–Trinajstić information content (AvgIpc) is 1.83. The number of hydrogen-bond acceptors (Lipinski definition) is 0. The highest BCUT2D eigenvalue weighted by Crippen LogP contribution is 2.10. The highest BCUT2D eigenvalue weighted by Gasteiger charge is 2.01. The molecule has 0 saturated heterocycles. The molecule has 50 valence electrons. The summed E-state index contributed by atoms with van der Waals surface area (Å²) in [6.45, 7) is 2.14. The standard InChI is InChI=1S/C6H12Cl2/c1-2-6(5-8)3-4-7/h6H,2-5H2,1H3. The molecule has 0 amide bonds. The first kappa shape index (κ1) is 8.58.